The van der Waals surface area contributed by atoms with Crippen LogP contribution >= 0.6 is 0 Å². The molecule has 0 aliphatic carbocycles. The molecule has 0 saturated carbocycles. The molecule has 1 amide bonds. The molecule has 0 bridgehead atoms. The fraction of sp³-hybridized carbons (Fsp3) is 0.417. The number of amides is 1. The van der Waals surface area contributed by atoms with Gasteiger partial charge in [0.15, 0.2) is 0 Å². The van der Waals surface area contributed by atoms with E-state index in [9.17, 15) is 9.18 Å². The maximum atomic E-state index is 13.0. The van der Waals surface area contributed by atoms with Crippen molar-refractivity contribution < 1.29 is 14.3 Å². The molecule has 0 spiro atoms. The van der Waals surface area contributed by atoms with Gasteiger partial charge in [0.05, 0.1) is 0 Å². The zero-order valence-electron chi connectivity index (χ0n) is 9.82. The summed E-state index contributed by atoms with van der Waals surface area (Å²) < 4.78 is 13.0. The summed E-state index contributed by atoms with van der Waals surface area (Å²) in [5.41, 5.74) is 0.822. The number of hydrogen-bond acceptors (Lipinski definition) is 2. The number of rotatable bonds is 6. The standard InChI is InChI=1S/C12H17FN2O2/c1-2-15(8-4-7-14-12(16)17)11-6-3-5-10(13)9-11/h3,5-6,9,14H,2,4,7-8H2,1H3,(H,16,17). The normalized spacial score (nSPS) is 10.0. The van der Waals surface area contributed by atoms with Gasteiger partial charge in [-0.25, -0.2) is 9.18 Å². The first-order valence-corrected chi connectivity index (χ1v) is 5.60. The second-order valence-corrected chi connectivity index (χ2v) is 3.65. The van der Waals surface area contributed by atoms with Crippen LogP contribution in [-0.2, 0) is 0 Å². The van der Waals surface area contributed by atoms with Crippen LogP contribution in [0.3, 0.4) is 0 Å². The van der Waals surface area contributed by atoms with Crippen molar-refractivity contribution in [2.45, 2.75) is 13.3 Å². The van der Waals surface area contributed by atoms with Crippen molar-refractivity contribution in [1.29, 1.82) is 0 Å². The van der Waals surface area contributed by atoms with Crippen molar-refractivity contribution >= 4 is 11.8 Å². The lowest BCUT2D eigenvalue weighted by Gasteiger charge is -2.23. The van der Waals surface area contributed by atoms with E-state index >= 15 is 0 Å². The molecule has 0 saturated heterocycles. The van der Waals surface area contributed by atoms with E-state index in [1.807, 2.05) is 17.9 Å². The predicted molar refractivity (Wildman–Crippen MR) is 64.9 cm³/mol. The Labute approximate surface area is 100 Å². The fourth-order valence-electron chi connectivity index (χ4n) is 1.61. The molecule has 1 aromatic rings. The topological polar surface area (TPSA) is 52.6 Å². The highest BCUT2D eigenvalue weighted by atomic mass is 19.1. The van der Waals surface area contributed by atoms with Crippen LogP contribution < -0.4 is 10.2 Å². The van der Waals surface area contributed by atoms with Gasteiger partial charge in [-0.3, -0.25) is 0 Å². The van der Waals surface area contributed by atoms with Gasteiger partial charge in [0, 0.05) is 25.3 Å². The van der Waals surface area contributed by atoms with Crippen LogP contribution in [0, 0.1) is 5.82 Å². The van der Waals surface area contributed by atoms with E-state index in [0.717, 1.165) is 12.2 Å². The van der Waals surface area contributed by atoms with E-state index in [0.29, 0.717) is 19.5 Å². The number of halogens is 1. The minimum absolute atomic E-state index is 0.260. The van der Waals surface area contributed by atoms with Crippen molar-refractivity contribution in [2.75, 3.05) is 24.5 Å². The molecule has 0 fully saturated rings. The SMILES string of the molecule is CCN(CCCNC(=O)O)c1cccc(F)c1. The molecule has 0 atom stereocenters. The second kappa shape index (κ2) is 6.73. The molecular formula is C12H17FN2O2. The molecule has 0 heterocycles. The van der Waals surface area contributed by atoms with Gasteiger partial charge in [0.1, 0.15) is 5.82 Å². The smallest absolute Gasteiger partial charge is 0.404 e. The van der Waals surface area contributed by atoms with Crippen LogP contribution in [0.15, 0.2) is 24.3 Å². The van der Waals surface area contributed by atoms with Crippen LogP contribution in [0.4, 0.5) is 14.9 Å². The van der Waals surface area contributed by atoms with Gasteiger partial charge in [0.25, 0.3) is 0 Å². The molecule has 2 N–H and O–H groups in total. The lowest BCUT2D eigenvalue weighted by molar-refractivity contribution is 0.194. The molecule has 94 valence electrons. The number of carboxylic acid groups (broad SMARTS) is 1. The van der Waals surface area contributed by atoms with Gasteiger partial charge in [-0.05, 0) is 31.5 Å². The maximum absolute atomic E-state index is 13.0. The largest absolute Gasteiger partial charge is 0.465 e. The molecule has 0 aromatic heterocycles. The quantitative estimate of drug-likeness (QED) is 0.750. The molecule has 17 heavy (non-hydrogen) atoms. The number of nitrogens with zero attached hydrogens (tertiary/aromatic N) is 1. The average Bonchev–Trinajstić information content (AvgIpc) is 2.29. The van der Waals surface area contributed by atoms with Crippen molar-refractivity contribution in [3.63, 3.8) is 0 Å². The summed E-state index contributed by atoms with van der Waals surface area (Å²) in [7, 11) is 0. The minimum atomic E-state index is -1.01. The van der Waals surface area contributed by atoms with E-state index in [1.165, 1.54) is 12.1 Å². The summed E-state index contributed by atoms with van der Waals surface area (Å²) in [6.45, 7) is 3.84. The van der Waals surface area contributed by atoms with Crippen molar-refractivity contribution in [3.05, 3.63) is 30.1 Å². The second-order valence-electron chi connectivity index (χ2n) is 3.65. The summed E-state index contributed by atoms with van der Waals surface area (Å²) in [4.78, 5) is 12.3. The van der Waals surface area contributed by atoms with Crippen LogP contribution in [-0.4, -0.2) is 30.8 Å². The summed E-state index contributed by atoms with van der Waals surface area (Å²) in [5, 5.41) is 10.7. The molecule has 4 nitrogen and oxygen atoms in total. The summed E-state index contributed by atoms with van der Waals surface area (Å²) in [6, 6.07) is 6.40. The molecule has 0 radical (unpaired) electrons. The van der Waals surface area contributed by atoms with E-state index < -0.39 is 6.09 Å². The van der Waals surface area contributed by atoms with Crippen LogP contribution in [0.2, 0.25) is 0 Å². The summed E-state index contributed by atoms with van der Waals surface area (Å²) in [5.74, 6) is -0.260. The van der Waals surface area contributed by atoms with Gasteiger partial charge >= 0.3 is 6.09 Å². The van der Waals surface area contributed by atoms with E-state index in [1.54, 1.807) is 6.07 Å². The highest BCUT2D eigenvalue weighted by Crippen LogP contribution is 2.15. The Bertz CT molecular complexity index is 371. The van der Waals surface area contributed by atoms with Gasteiger partial charge < -0.3 is 15.3 Å². The predicted octanol–water partition coefficient (Wildman–Crippen LogP) is 2.31. The third-order valence-electron chi connectivity index (χ3n) is 2.44. The Hall–Kier alpha value is -1.78. The van der Waals surface area contributed by atoms with E-state index in [-0.39, 0.29) is 5.82 Å². The Kier molecular flexibility index (Phi) is 5.26. The average molecular weight is 240 g/mol. The van der Waals surface area contributed by atoms with Gasteiger partial charge in [0.2, 0.25) is 0 Å². The molecule has 0 aliphatic rings. The summed E-state index contributed by atoms with van der Waals surface area (Å²) in [6.07, 6.45) is -0.324. The van der Waals surface area contributed by atoms with Crippen molar-refractivity contribution in [3.8, 4) is 0 Å². The zero-order valence-corrected chi connectivity index (χ0v) is 9.82. The number of nitrogens with one attached hydrogen (secondary N) is 1. The number of carbonyl (C=O) groups is 1. The minimum Gasteiger partial charge on any atom is -0.465 e. The third kappa shape index (κ3) is 4.72. The Morgan fingerprint density at radius 1 is 1.53 bits per heavy atom. The first kappa shape index (κ1) is 13.3. The first-order valence-electron chi connectivity index (χ1n) is 5.60. The van der Waals surface area contributed by atoms with E-state index in [4.69, 9.17) is 5.11 Å². The van der Waals surface area contributed by atoms with E-state index in [2.05, 4.69) is 5.32 Å². The molecule has 1 aromatic carbocycles. The number of hydrogen-bond donors (Lipinski definition) is 2. The molecule has 0 unspecified atom stereocenters. The highest BCUT2D eigenvalue weighted by molar-refractivity contribution is 5.64. The van der Waals surface area contributed by atoms with Crippen LogP contribution in [0.25, 0.3) is 0 Å². The fourth-order valence-corrected chi connectivity index (χ4v) is 1.61. The molecule has 0 aliphatic heterocycles. The zero-order chi connectivity index (χ0) is 12.7. The van der Waals surface area contributed by atoms with Crippen LogP contribution in [0.5, 0.6) is 0 Å². The number of anilines is 1. The molecule has 1 rings (SSSR count). The molecule has 5 heteroatoms. The Morgan fingerprint density at radius 3 is 2.88 bits per heavy atom. The first-order chi connectivity index (χ1) is 8.13. The monoisotopic (exact) mass is 240 g/mol. The number of benzene rings is 1. The Balaban J connectivity index is 2.45. The van der Waals surface area contributed by atoms with Gasteiger partial charge in [-0.1, -0.05) is 6.07 Å². The lowest BCUT2D eigenvalue weighted by atomic mass is 10.2. The Morgan fingerprint density at radius 2 is 2.29 bits per heavy atom. The van der Waals surface area contributed by atoms with Gasteiger partial charge in [-0.15, -0.1) is 0 Å². The highest BCUT2D eigenvalue weighted by Gasteiger charge is 2.05. The van der Waals surface area contributed by atoms with Crippen molar-refractivity contribution in [1.82, 2.24) is 5.32 Å². The van der Waals surface area contributed by atoms with Crippen molar-refractivity contribution in [2.24, 2.45) is 0 Å². The van der Waals surface area contributed by atoms with Crippen LogP contribution in [0.1, 0.15) is 13.3 Å². The lowest BCUT2D eigenvalue weighted by Crippen LogP contribution is -2.29. The van der Waals surface area contributed by atoms with Gasteiger partial charge in [-0.2, -0.15) is 0 Å². The third-order valence-corrected chi connectivity index (χ3v) is 2.44. The molecular weight excluding hydrogens is 223 g/mol. The summed E-state index contributed by atoms with van der Waals surface area (Å²) >= 11 is 0. The maximum Gasteiger partial charge on any atom is 0.404 e.